The maximum atomic E-state index is 5.75. The summed E-state index contributed by atoms with van der Waals surface area (Å²) in [6.45, 7) is 7.36. The van der Waals surface area contributed by atoms with Crippen LogP contribution in [-0.4, -0.2) is 9.55 Å². The SMILES string of the molecule is CC(C)(C)n1c(CC2CCC2)nc2cc(CN)ccc21. The number of hydrogen-bond donors (Lipinski definition) is 1. The van der Waals surface area contributed by atoms with Gasteiger partial charge in [0.2, 0.25) is 0 Å². The van der Waals surface area contributed by atoms with Crippen molar-refractivity contribution in [1.29, 1.82) is 0 Å². The zero-order chi connectivity index (χ0) is 14.3. The molecule has 0 spiro atoms. The lowest BCUT2D eigenvalue weighted by atomic mass is 9.82. The first-order valence-corrected chi connectivity index (χ1v) is 7.70. The van der Waals surface area contributed by atoms with Crippen LogP contribution < -0.4 is 5.73 Å². The van der Waals surface area contributed by atoms with Crippen molar-refractivity contribution in [3.63, 3.8) is 0 Å². The minimum absolute atomic E-state index is 0.0675. The van der Waals surface area contributed by atoms with Gasteiger partial charge in [0.25, 0.3) is 0 Å². The van der Waals surface area contributed by atoms with Crippen molar-refractivity contribution < 1.29 is 0 Å². The number of hydrogen-bond acceptors (Lipinski definition) is 2. The Balaban J connectivity index is 2.10. The quantitative estimate of drug-likeness (QED) is 0.927. The van der Waals surface area contributed by atoms with Crippen LogP contribution in [0.1, 0.15) is 51.4 Å². The highest BCUT2D eigenvalue weighted by Crippen LogP contribution is 2.33. The van der Waals surface area contributed by atoms with E-state index < -0.39 is 0 Å². The first-order chi connectivity index (χ1) is 9.49. The molecule has 108 valence electrons. The summed E-state index contributed by atoms with van der Waals surface area (Å²) < 4.78 is 2.42. The monoisotopic (exact) mass is 271 g/mol. The van der Waals surface area contributed by atoms with Crippen molar-refractivity contribution >= 4 is 11.0 Å². The van der Waals surface area contributed by atoms with E-state index in [9.17, 15) is 0 Å². The number of nitrogens with two attached hydrogens (primary N) is 1. The van der Waals surface area contributed by atoms with Crippen LogP contribution in [0.25, 0.3) is 11.0 Å². The second-order valence-electron chi connectivity index (χ2n) is 7.06. The van der Waals surface area contributed by atoms with E-state index in [-0.39, 0.29) is 5.54 Å². The smallest absolute Gasteiger partial charge is 0.110 e. The highest BCUT2D eigenvalue weighted by molar-refractivity contribution is 5.77. The molecule has 1 heterocycles. The Morgan fingerprint density at radius 3 is 2.60 bits per heavy atom. The van der Waals surface area contributed by atoms with Gasteiger partial charge in [-0.25, -0.2) is 4.98 Å². The van der Waals surface area contributed by atoms with Crippen LogP contribution in [0.5, 0.6) is 0 Å². The Hall–Kier alpha value is -1.35. The predicted octanol–water partition coefficient (Wildman–Crippen LogP) is 3.59. The third-order valence-corrected chi connectivity index (χ3v) is 4.39. The highest BCUT2D eigenvalue weighted by atomic mass is 15.1. The Labute approximate surface area is 121 Å². The molecular weight excluding hydrogens is 246 g/mol. The molecule has 2 N–H and O–H groups in total. The number of benzene rings is 1. The van der Waals surface area contributed by atoms with Crippen LogP contribution in [0, 0.1) is 5.92 Å². The molecule has 3 heteroatoms. The van der Waals surface area contributed by atoms with Gasteiger partial charge >= 0.3 is 0 Å². The van der Waals surface area contributed by atoms with Gasteiger partial charge in [0.15, 0.2) is 0 Å². The summed E-state index contributed by atoms with van der Waals surface area (Å²) in [4.78, 5) is 4.92. The van der Waals surface area contributed by atoms with Crippen LogP contribution in [0.15, 0.2) is 18.2 Å². The topological polar surface area (TPSA) is 43.8 Å². The Kier molecular flexibility index (Phi) is 3.33. The molecule has 3 rings (SSSR count). The van der Waals surface area contributed by atoms with Gasteiger partial charge < -0.3 is 10.3 Å². The summed E-state index contributed by atoms with van der Waals surface area (Å²) in [5.74, 6) is 2.08. The molecule has 1 saturated carbocycles. The van der Waals surface area contributed by atoms with E-state index in [0.29, 0.717) is 6.54 Å². The molecule has 0 atom stereocenters. The molecule has 1 aromatic heterocycles. The number of imidazole rings is 1. The lowest BCUT2D eigenvalue weighted by molar-refractivity contribution is 0.295. The van der Waals surface area contributed by atoms with Gasteiger partial charge in [-0.15, -0.1) is 0 Å². The molecule has 2 aromatic rings. The zero-order valence-electron chi connectivity index (χ0n) is 12.8. The Morgan fingerprint density at radius 2 is 2.05 bits per heavy atom. The van der Waals surface area contributed by atoms with Crippen molar-refractivity contribution in [3.05, 3.63) is 29.6 Å². The second-order valence-corrected chi connectivity index (χ2v) is 7.06. The van der Waals surface area contributed by atoms with Crippen molar-refractivity contribution in [2.75, 3.05) is 0 Å². The summed E-state index contributed by atoms with van der Waals surface area (Å²) in [6.07, 6.45) is 5.23. The maximum absolute atomic E-state index is 5.75. The molecule has 1 aliphatic carbocycles. The molecule has 0 bridgehead atoms. The van der Waals surface area contributed by atoms with Crippen molar-refractivity contribution in [3.8, 4) is 0 Å². The lowest BCUT2D eigenvalue weighted by Gasteiger charge is -2.29. The maximum Gasteiger partial charge on any atom is 0.110 e. The number of rotatable bonds is 3. The van der Waals surface area contributed by atoms with E-state index in [1.54, 1.807) is 0 Å². The van der Waals surface area contributed by atoms with Gasteiger partial charge in [-0.3, -0.25) is 0 Å². The molecular formula is C17H25N3. The van der Waals surface area contributed by atoms with E-state index in [0.717, 1.165) is 23.4 Å². The van der Waals surface area contributed by atoms with Gasteiger partial charge in [0.1, 0.15) is 5.82 Å². The van der Waals surface area contributed by atoms with Crippen molar-refractivity contribution in [2.45, 2.75) is 58.5 Å². The molecule has 0 amide bonds. The van der Waals surface area contributed by atoms with Gasteiger partial charge in [-0.1, -0.05) is 25.3 Å². The summed E-state index contributed by atoms with van der Waals surface area (Å²) in [5, 5.41) is 0. The first-order valence-electron chi connectivity index (χ1n) is 7.70. The summed E-state index contributed by atoms with van der Waals surface area (Å²) in [5.41, 5.74) is 9.31. The fraction of sp³-hybridized carbons (Fsp3) is 0.588. The van der Waals surface area contributed by atoms with Crippen LogP contribution in [0.4, 0.5) is 0 Å². The van der Waals surface area contributed by atoms with Gasteiger partial charge in [-0.05, 0) is 44.4 Å². The van der Waals surface area contributed by atoms with E-state index >= 15 is 0 Å². The Bertz CT molecular complexity index is 615. The van der Waals surface area contributed by atoms with E-state index in [1.807, 2.05) is 0 Å². The largest absolute Gasteiger partial charge is 0.326 e. The first kappa shape index (κ1) is 13.6. The zero-order valence-corrected chi connectivity index (χ0v) is 12.8. The molecule has 3 nitrogen and oxygen atoms in total. The predicted molar refractivity (Wildman–Crippen MR) is 83.7 cm³/mol. The summed E-state index contributed by atoms with van der Waals surface area (Å²) in [6, 6.07) is 6.45. The van der Waals surface area contributed by atoms with E-state index in [4.69, 9.17) is 10.7 Å². The number of aromatic nitrogens is 2. The molecule has 0 unspecified atom stereocenters. The van der Waals surface area contributed by atoms with Crippen LogP contribution in [0.3, 0.4) is 0 Å². The lowest BCUT2D eigenvalue weighted by Crippen LogP contribution is -2.26. The number of fused-ring (bicyclic) bond motifs is 1. The van der Waals surface area contributed by atoms with E-state index in [1.165, 1.54) is 30.6 Å². The Morgan fingerprint density at radius 1 is 1.30 bits per heavy atom. The van der Waals surface area contributed by atoms with Crippen LogP contribution in [0.2, 0.25) is 0 Å². The average molecular weight is 271 g/mol. The minimum atomic E-state index is 0.0675. The van der Waals surface area contributed by atoms with Gasteiger partial charge in [0.05, 0.1) is 11.0 Å². The molecule has 0 aliphatic heterocycles. The fourth-order valence-electron chi connectivity index (χ4n) is 3.14. The minimum Gasteiger partial charge on any atom is -0.326 e. The average Bonchev–Trinajstić information content (AvgIpc) is 2.70. The van der Waals surface area contributed by atoms with Crippen LogP contribution in [-0.2, 0) is 18.5 Å². The standard InChI is InChI=1S/C17H25N3/c1-17(2,3)20-15-8-7-13(11-18)9-14(15)19-16(20)10-12-5-4-6-12/h7-9,12H,4-6,10-11,18H2,1-3H3. The molecule has 0 saturated heterocycles. The normalized spacial score (nSPS) is 16.6. The summed E-state index contributed by atoms with van der Waals surface area (Å²) in [7, 11) is 0. The molecule has 1 fully saturated rings. The molecule has 1 aromatic carbocycles. The third kappa shape index (κ3) is 2.35. The second kappa shape index (κ2) is 4.88. The number of nitrogens with zero attached hydrogens (tertiary/aromatic N) is 2. The van der Waals surface area contributed by atoms with Gasteiger partial charge in [0, 0.05) is 18.5 Å². The third-order valence-electron chi connectivity index (χ3n) is 4.39. The summed E-state index contributed by atoms with van der Waals surface area (Å²) >= 11 is 0. The van der Waals surface area contributed by atoms with Crippen molar-refractivity contribution in [2.24, 2.45) is 11.7 Å². The van der Waals surface area contributed by atoms with Gasteiger partial charge in [-0.2, -0.15) is 0 Å². The van der Waals surface area contributed by atoms with Crippen LogP contribution >= 0.6 is 0 Å². The fourth-order valence-corrected chi connectivity index (χ4v) is 3.14. The molecule has 0 radical (unpaired) electrons. The molecule has 1 aliphatic rings. The van der Waals surface area contributed by atoms with E-state index in [2.05, 4.69) is 43.5 Å². The van der Waals surface area contributed by atoms with Crippen molar-refractivity contribution in [1.82, 2.24) is 9.55 Å². The highest BCUT2D eigenvalue weighted by Gasteiger charge is 2.25. The molecule has 20 heavy (non-hydrogen) atoms.